The van der Waals surface area contributed by atoms with E-state index >= 15 is 0 Å². The largest absolute Gasteiger partial charge is 0.306 e. The van der Waals surface area contributed by atoms with Crippen molar-refractivity contribution in [2.75, 3.05) is 232 Å². The summed E-state index contributed by atoms with van der Waals surface area (Å²) in [6.07, 6.45) is 6.95. The molecule has 16 nitrogen and oxygen atoms in total. The van der Waals surface area contributed by atoms with Crippen LogP contribution in [0.1, 0.15) is 278 Å². The van der Waals surface area contributed by atoms with Crippen molar-refractivity contribution in [3.8, 4) is 0 Å². The zero-order valence-corrected chi connectivity index (χ0v) is 74.3. The number of hydrogen-bond acceptors (Lipinski definition) is 16. The van der Waals surface area contributed by atoms with E-state index in [2.05, 4.69) is 301 Å². The molecule has 0 saturated carbocycles. The molecule has 2 atom stereocenters. The zero-order valence-electron chi connectivity index (χ0n) is 74.3. The van der Waals surface area contributed by atoms with Crippen LogP contribution in [0, 0.1) is 29.6 Å². The number of alkyl halides is 1. The maximum absolute atomic E-state index is 12.8. The van der Waals surface area contributed by atoms with Gasteiger partial charge in [0.2, 0.25) is 0 Å². The van der Waals surface area contributed by atoms with Gasteiger partial charge in [0.05, 0.1) is 13.3 Å². The Morgan fingerprint density at radius 3 is 0.798 bits per heavy atom. The molecule has 0 aromatic carbocycles. The molecule has 10 rings (SSSR count). The molecule has 0 aromatic heterocycles. The lowest BCUT2D eigenvalue weighted by Crippen LogP contribution is -2.59. The Balaban J connectivity index is -0.000000172. The molecule has 10 aliphatic rings. The lowest BCUT2D eigenvalue weighted by Gasteiger charge is -2.44. The molecular formula is C92H215FN16. The predicted molar refractivity (Wildman–Crippen MR) is 499 cm³/mol. The van der Waals surface area contributed by atoms with Crippen molar-refractivity contribution in [1.82, 2.24) is 78.4 Å². The van der Waals surface area contributed by atoms with Crippen LogP contribution in [0.3, 0.4) is 0 Å². The van der Waals surface area contributed by atoms with Crippen molar-refractivity contribution in [2.45, 2.75) is 351 Å². The maximum atomic E-state index is 12.8. The summed E-state index contributed by atoms with van der Waals surface area (Å²) in [5, 5.41) is 0. The topological polar surface area (TPSA) is 51.8 Å². The fraction of sp³-hybridized carbons (Fsp3) is 1.00. The summed E-state index contributed by atoms with van der Waals surface area (Å²) in [5.41, 5.74) is -0.899. The van der Waals surface area contributed by atoms with E-state index in [1.54, 1.807) is 6.92 Å². The lowest BCUT2D eigenvalue weighted by molar-refractivity contribution is -0.0359. The van der Waals surface area contributed by atoms with E-state index in [4.69, 9.17) is 0 Å². The third-order valence-electron chi connectivity index (χ3n) is 23.9. The molecular weight excluding hydrogens is 1350 g/mol. The Hall–Kier alpha value is -0.710. The third-order valence-corrected chi connectivity index (χ3v) is 23.9. The molecule has 0 aliphatic carbocycles. The molecule has 670 valence electrons. The van der Waals surface area contributed by atoms with Crippen LogP contribution in [0.15, 0.2) is 0 Å². The summed E-state index contributed by atoms with van der Waals surface area (Å²) < 4.78 is 12.8. The van der Waals surface area contributed by atoms with E-state index < -0.39 is 5.67 Å². The van der Waals surface area contributed by atoms with E-state index in [1.807, 2.05) is 0 Å². The number of hydrogen-bond donors (Lipinski definition) is 0. The van der Waals surface area contributed by atoms with Gasteiger partial charge in [-0.05, 0) is 269 Å². The number of piperazine rings is 4. The molecule has 2 unspecified atom stereocenters. The summed E-state index contributed by atoms with van der Waals surface area (Å²) in [5.74, 6) is 4.74. The van der Waals surface area contributed by atoms with Crippen LogP contribution < -0.4 is 0 Å². The van der Waals surface area contributed by atoms with Gasteiger partial charge in [-0.25, -0.2) is 4.39 Å². The van der Waals surface area contributed by atoms with Gasteiger partial charge < -0.3 is 34.3 Å². The smallest absolute Gasteiger partial charge is 0.133 e. The van der Waals surface area contributed by atoms with Crippen molar-refractivity contribution < 1.29 is 4.39 Å². The molecule has 0 aromatic rings. The highest BCUT2D eigenvalue weighted by Gasteiger charge is 2.40. The third kappa shape index (κ3) is 53.4. The summed E-state index contributed by atoms with van der Waals surface area (Å²) in [4.78, 5) is 39.3. The minimum Gasteiger partial charge on any atom is -0.306 e. The van der Waals surface area contributed by atoms with Crippen LogP contribution in [-0.2, 0) is 0 Å². The summed E-state index contributed by atoms with van der Waals surface area (Å²) in [6, 6.07) is 7.90. The molecule has 10 saturated heterocycles. The normalized spacial score (nSPS) is 22.7. The molecule has 0 spiro atoms. The van der Waals surface area contributed by atoms with E-state index in [0.717, 1.165) is 103 Å². The highest BCUT2D eigenvalue weighted by molar-refractivity contribution is 4.93. The second-order valence-electron chi connectivity index (χ2n) is 36.5. The molecule has 0 bridgehead atoms. The second kappa shape index (κ2) is 66.2. The number of nitrogens with zero attached hydrogens (tertiary/aromatic N) is 16. The first-order chi connectivity index (χ1) is 47.1. The highest BCUT2D eigenvalue weighted by Crippen LogP contribution is 2.27. The standard InChI is InChI=1S/C10H22N2.2C9H20N2.3C9H19N.2C8H18N2.C7H14FN.C6H14N2.8CH4/c1-9(2)11-5-7-12(8-6-11)10(3)4;1-8(2)11-6-5-9(7-11)10(3)4;1-4-10-5-7-11(8-6-10)9(2)3;1-7(2)9-5-10(6-9)8(3)4;1-8(2)9-4-6-10(3)7-5-9;1-4-9-5-6-10(7-9)8(2)3;2*1-8(2)10-6-4-9(3)5-7-10;1-6(2)9-4-7(3,8)5-9;1-6(2)8-4-7(3)5-8;;;;;;;;/h9-10H,5-8H2,1-4H3;8-9H,5-7H2,1-4H3;9H,4-8H2,1-3H3;7-9H,5-6H2,1-4H3;2*8-9H,4-7H2,1-3H3;2*8H,4-7H2,1-3H3;6H,4-5H2,1-3H3;6H,4-5H2,1-3H3;8*1H4. The fourth-order valence-electron chi connectivity index (χ4n) is 14.5. The fourth-order valence-corrected chi connectivity index (χ4v) is 14.5. The predicted octanol–water partition coefficient (Wildman–Crippen LogP) is 17.9. The van der Waals surface area contributed by atoms with Crippen molar-refractivity contribution >= 4 is 0 Å². The first-order valence-electron chi connectivity index (χ1n) is 42.3. The molecule has 0 amide bonds. The van der Waals surface area contributed by atoms with Crippen LogP contribution in [0.2, 0.25) is 0 Å². The van der Waals surface area contributed by atoms with Crippen LogP contribution in [0.4, 0.5) is 4.39 Å². The van der Waals surface area contributed by atoms with Crippen molar-refractivity contribution in [1.29, 1.82) is 0 Å². The average Bonchev–Trinajstić information content (AvgIpc) is 1.53. The zero-order chi connectivity index (χ0) is 77.0. The van der Waals surface area contributed by atoms with Gasteiger partial charge in [-0.1, -0.05) is 107 Å². The minimum atomic E-state index is -0.899. The molecule has 109 heavy (non-hydrogen) atoms. The molecule has 17 heteroatoms. The first kappa shape index (κ1) is 124. The van der Waals surface area contributed by atoms with Gasteiger partial charge in [0.1, 0.15) is 5.67 Å². The van der Waals surface area contributed by atoms with Crippen LogP contribution in [-0.4, -0.2) is 383 Å². The number of likely N-dealkylation sites (N-methyl/N-ethyl adjacent to an activating group) is 4. The van der Waals surface area contributed by atoms with Gasteiger partial charge in [-0.2, -0.15) is 0 Å². The Morgan fingerprint density at radius 2 is 0.587 bits per heavy atom. The second-order valence-corrected chi connectivity index (χ2v) is 36.5. The Morgan fingerprint density at radius 1 is 0.303 bits per heavy atom. The average molecular weight is 1560 g/mol. The van der Waals surface area contributed by atoms with Crippen LogP contribution in [0.25, 0.3) is 0 Å². The summed E-state index contributed by atoms with van der Waals surface area (Å²) in [7, 11) is 13.1. The lowest BCUT2D eigenvalue weighted by atomic mass is 9.87. The van der Waals surface area contributed by atoms with Crippen molar-refractivity contribution in [3.05, 3.63) is 0 Å². The van der Waals surface area contributed by atoms with Crippen molar-refractivity contribution in [2.24, 2.45) is 29.6 Å². The van der Waals surface area contributed by atoms with E-state index in [0.29, 0.717) is 19.1 Å². The summed E-state index contributed by atoms with van der Waals surface area (Å²) in [6.45, 7) is 95.8. The SMILES string of the molecule is C.C.C.C.C.C.C.C.CC(C)C1CCN(C)CC1.CC(C)C1CN(C(C)C)C1.CC(C)N1CC(C)(F)C1.CC(C)N1CCC(N(C)C)C1.CC(C)N1CCN(C(C)C)CC1.CC(C)N1CCN(C)CC1.CC(C)N1CCN(C)CC1.CC(C)N1CN(C)C1.CCC1CCN(C(C)C)C1.CCN1CCN(C(C)C)CC1. The maximum Gasteiger partial charge on any atom is 0.133 e. The number of halogens is 1. The number of likely N-dealkylation sites (tertiary alicyclic amines) is 5. The molecule has 0 radical (unpaired) electrons. The van der Waals surface area contributed by atoms with Crippen LogP contribution >= 0.6 is 0 Å². The monoisotopic (exact) mass is 1560 g/mol. The van der Waals surface area contributed by atoms with Gasteiger partial charge >= 0.3 is 0 Å². The minimum absolute atomic E-state index is 0. The quantitative estimate of drug-likeness (QED) is 0.156. The summed E-state index contributed by atoms with van der Waals surface area (Å²) >= 11 is 0. The van der Waals surface area contributed by atoms with E-state index in [-0.39, 0.29) is 59.4 Å². The van der Waals surface area contributed by atoms with Crippen molar-refractivity contribution in [3.63, 3.8) is 0 Å². The van der Waals surface area contributed by atoms with Gasteiger partial charge in [0, 0.05) is 217 Å². The van der Waals surface area contributed by atoms with Gasteiger partial charge in [-0.15, -0.1) is 0 Å². The van der Waals surface area contributed by atoms with Gasteiger partial charge in [-0.3, -0.25) is 44.1 Å². The number of piperidine rings is 1. The Kier molecular flexibility index (Phi) is 75.3. The van der Waals surface area contributed by atoms with Gasteiger partial charge in [0.25, 0.3) is 0 Å². The van der Waals surface area contributed by atoms with Crippen LogP contribution in [0.5, 0.6) is 0 Å². The first-order valence-corrected chi connectivity index (χ1v) is 42.3. The highest BCUT2D eigenvalue weighted by atomic mass is 19.1. The Labute approximate surface area is 691 Å². The van der Waals surface area contributed by atoms with E-state index in [1.165, 1.54) is 196 Å². The molecule has 10 aliphatic heterocycles. The number of rotatable bonds is 15. The van der Waals surface area contributed by atoms with Gasteiger partial charge in [0.15, 0.2) is 0 Å². The molecule has 10 heterocycles. The molecule has 10 fully saturated rings. The Bertz CT molecular complexity index is 1800. The van der Waals surface area contributed by atoms with E-state index in [9.17, 15) is 4.39 Å². The molecule has 0 N–H and O–H groups in total.